The predicted molar refractivity (Wildman–Crippen MR) is 44.2 cm³/mol. The Balaban J connectivity index is 3.10. The van der Waals surface area contributed by atoms with Crippen LogP contribution in [0.25, 0.3) is 0 Å². The number of carbonyl (C=O) groups is 1. The quantitative estimate of drug-likeness (QED) is 0.642. The molecule has 12 heavy (non-hydrogen) atoms. The Morgan fingerprint density at radius 1 is 1.50 bits per heavy atom. The molecule has 0 heterocycles. The molecule has 4 heteroatoms. The van der Waals surface area contributed by atoms with Gasteiger partial charge in [0.15, 0.2) is 0 Å². The SMILES string of the molecule is NC(=O)c1ccc(CF)c(N)c1. The second kappa shape index (κ2) is 3.21. The average molecular weight is 168 g/mol. The summed E-state index contributed by atoms with van der Waals surface area (Å²) < 4.78 is 12.1. The molecular formula is C8H9FN2O. The highest BCUT2D eigenvalue weighted by atomic mass is 19.1. The van der Waals surface area contributed by atoms with Gasteiger partial charge in [0.1, 0.15) is 6.67 Å². The van der Waals surface area contributed by atoms with E-state index in [1.165, 1.54) is 18.2 Å². The number of nitrogen functional groups attached to an aromatic ring is 1. The first-order valence-electron chi connectivity index (χ1n) is 3.39. The summed E-state index contributed by atoms with van der Waals surface area (Å²) in [6, 6.07) is 4.28. The first-order chi connectivity index (χ1) is 5.65. The van der Waals surface area contributed by atoms with Crippen molar-refractivity contribution in [2.75, 3.05) is 5.73 Å². The summed E-state index contributed by atoms with van der Waals surface area (Å²) in [4.78, 5) is 10.6. The Morgan fingerprint density at radius 2 is 2.17 bits per heavy atom. The molecule has 0 saturated heterocycles. The molecular weight excluding hydrogens is 159 g/mol. The summed E-state index contributed by atoms with van der Waals surface area (Å²) >= 11 is 0. The lowest BCUT2D eigenvalue weighted by molar-refractivity contribution is 0.100. The van der Waals surface area contributed by atoms with Crippen molar-refractivity contribution in [1.82, 2.24) is 0 Å². The zero-order valence-corrected chi connectivity index (χ0v) is 6.38. The van der Waals surface area contributed by atoms with Crippen LogP contribution in [0.5, 0.6) is 0 Å². The fourth-order valence-electron chi connectivity index (χ4n) is 0.870. The maximum absolute atomic E-state index is 12.1. The maximum Gasteiger partial charge on any atom is 0.248 e. The van der Waals surface area contributed by atoms with Gasteiger partial charge in [-0.05, 0) is 12.1 Å². The number of rotatable bonds is 2. The largest absolute Gasteiger partial charge is 0.398 e. The first kappa shape index (κ1) is 8.52. The molecule has 0 unspecified atom stereocenters. The Morgan fingerprint density at radius 3 is 2.58 bits per heavy atom. The molecule has 0 spiro atoms. The number of hydrogen-bond donors (Lipinski definition) is 2. The van der Waals surface area contributed by atoms with Crippen molar-refractivity contribution in [3.8, 4) is 0 Å². The molecule has 0 radical (unpaired) electrons. The van der Waals surface area contributed by atoms with Gasteiger partial charge in [0.25, 0.3) is 0 Å². The van der Waals surface area contributed by atoms with Crippen LogP contribution in [-0.4, -0.2) is 5.91 Å². The highest BCUT2D eigenvalue weighted by Crippen LogP contribution is 2.14. The van der Waals surface area contributed by atoms with Crippen molar-refractivity contribution < 1.29 is 9.18 Å². The minimum absolute atomic E-state index is 0.258. The molecule has 0 aliphatic carbocycles. The molecule has 1 amide bonds. The summed E-state index contributed by atoms with van der Waals surface area (Å²) in [6.07, 6.45) is 0. The molecule has 4 N–H and O–H groups in total. The van der Waals surface area contributed by atoms with Crippen LogP contribution in [-0.2, 0) is 6.67 Å². The van der Waals surface area contributed by atoms with Crippen LogP contribution in [0.3, 0.4) is 0 Å². The normalized spacial score (nSPS) is 9.75. The van der Waals surface area contributed by atoms with Crippen LogP contribution in [0.15, 0.2) is 18.2 Å². The van der Waals surface area contributed by atoms with E-state index in [2.05, 4.69) is 0 Å². The summed E-state index contributed by atoms with van der Waals surface area (Å²) in [7, 11) is 0. The molecule has 1 aromatic carbocycles. The van der Waals surface area contributed by atoms with E-state index in [0.717, 1.165) is 0 Å². The molecule has 0 saturated carbocycles. The average Bonchev–Trinajstić information content (AvgIpc) is 2.04. The van der Waals surface area contributed by atoms with Gasteiger partial charge < -0.3 is 11.5 Å². The number of amides is 1. The molecule has 0 bridgehead atoms. The lowest BCUT2D eigenvalue weighted by atomic mass is 10.1. The number of benzene rings is 1. The van der Waals surface area contributed by atoms with Crippen molar-refractivity contribution in [2.45, 2.75) is 6.67 Å². The van der Waals surface area contributed by atoms with Gasteiger partial charge in [0.05, 0.1) is 0 Å². The number of alkyl halides is 1. The van der Waals surface area contributed by atoms with E-state index in [0.29, 0.717) is 11.1 Å². The fraction of sp³-hybridized carbons (Fsp3) is 0.125. The van der Waals surface area contributed by atoms with Crippen molar-refractivity contribution in [1.29, 1.82) is 0 Å². The van der Waals surface area contributed by atoms with Crippen LogP contribution in [0.4, 0.5) is 10.1 Å². The van der Waals surface area contributed by atoms with Crippen molar-refractivity contribution in [3.63, 3.8) is 0 Å². The molecule has 64 valence electrons. The Bertz CT molecular complexity index is 312. The topological polar surface area (TPSA) is 69.1 Å². The number of nitrogens with two attached hydrogens (primary N) is 2. The minimum Gasteiger partial charge on any atom is -0.398 e. The minimum atomic E-state index is -0.634. The van der Waals surface area contributed by atoms with Gasteiger partial charge in [-0.25, -0.2) is 4.39 Å². The highest BCUT2D eigenvalue weighted by Gasteiger charge is 2.03. The van der Waals surface area contributed by atoms with Crippen LogP contribution < -0.4 is 11.5 Å². The smallest absolute Gasteiger partial charge is 0.248 e. The molecule has 0 atom stereocenters. The van der Waals surface area contributed by atoms with Gasteiger partial charge in [0, 0.05) is 16.8 Å². The van der Waals surface area contributed by atoms with E-state index >= 15 is 0 Å². The lowest BCUT2D eigenvalue weighted by Crippen LogP contribution is -2.11. The maximum atomic E-state index is 12.1. The lowest BCUT2D eigenvalue weighted by Gasteiger charge is -2.01. The van der Waals surface area contributed by atoms with Gasteiger partial charge in [-0.2, -0.15) is 0 Å². The van der Waals surface area contributed by atoms with E-state index in [9.17, 15) is 9.18 Å². The fourth-order valence-corrected chi connectivity index (χ4v) is 0.870. The molecule has 0 aliphatic heterocycles. The Kier molecular flexibility index (Phi) is 2.28. The Hall–Kier alpha value is -1.58. The monoisotopic (exact) mass is 168 g/mol. The third-order valence-corrected chi connectivity index (χ3v) is 1.57. The molecule has 3 nitrogen and oxygen atoms in total. The summed E-state index contributed by atoms with van der Waals surface area (Å²) in [5, 5.41) is 0. The number of carbonyl (C=O) groups excluding carboxylic acids is 1. The summed E-state index contributed by atoms with van der Waals surface area (Å²) in [6.45, 7) is -0.634. The third-order valence-electron chi connectivity index (χ3n) is 1.57. The van der Waals surface area contributed by atoms with Crippen molar-refractivity contribution in [3.05, 3.63) is 29.3 Å². The van der Waals surface area contributed by atoms with Crippen molar-refractivity contribution >= 4 is 11.6 Å². The second-order valence-corrected chi connectivity index (χ2v) is 2.41. The van der Waals surface area contributed by atoms with Crippen LogP contribution in [0.2, 0.25) is 0 Å². The van der Waals surface area contributed by atoms with E-state index in [1.807, 2.05) is 0 Å². The predicted octanol–water partition coefficient (Wildman–Crippen LogP) is 0.837. The first-order valence-corrected chi connectivity index (χ1v) is 3.39. The van der Waals surface area contributed by atoms with E-state index < -0.39 is 12.6 Å². The van der Waals surface area contributed by atoms with Crippen LogP contribution in [0, 0.1) is 0 Å². The van der Waals surface area contributed by atoms with Gasteiger partial charge in [-0.3, -0.25) is 4.79 Å². The molecule has 0 aliphatic rings. The highest BCUT2D eigenvalue weighted by molar-refractivity contribution is 5.93. The molecule has 1 rings (SSSR count). The zero-order valence-electron chi connectivity index (χ0n) is 6.38. The number of anilines is 1. The Labute approximate surface area is 69.2 Å². The number of halogens is 1. The van der Waals surface area contributed by atoms with Crippen LogP contribution in [0.1, 0.15) is 15.9 Å². The standard InChI is InChI=1S/C8H9FN2O/c9-4-6-2-1-5(8(11)12)3-7(6)10/h1-3H,4,10H2,(H2,11,12). The van der Waals surface area contributed by atoms with E-state index in [1.54, 1.807) is 0 Å². The van der Waals surface area contributed by atoms with E-state index in [-0.39, 0.29) is 5.69 Å². The third kappa shape index (κ3) is 1.53. The molecule has 1 aromatic rings. The van der Waals surface area contributed by atoms with Crippen LogP contribution >= 0.6 is 0 Å². The summed E-state index contributed by atoms with van der Waals surface area (Å²) in [5.74, 6) is -0.563. The second-order valence-electron chi connectivity index (χ2n) is 2.41. The zero-order chi connectivity index (χ0) is 9.14. The van der Waals surface area contributed by atoms with Gasteiger partial charge >= 0.3 is 0 Å². The van der Waals surface area contributed by atoms with E-state index in [4.69, 9.17) is 11.5 Å². The number of hydrogen-bond acceptors (Lipinski definition) is 2. The van der Waals surface area contributed by atoms with Gasteiger partial charge in [0.2, 0.25) is 5.91 Å². The molecule has 0 fully saturated rings. The molecule has 0 aromatic heterocycles. The van der Waals surface area contributed by atoms with Gasteiger partial charge in [-0.15, -0.1) is 0 Å². The van der Waals surface area contributed by atoms with Crippen molar-refractivity contribution in [2.24, 2.45) is 5.73 Å². The van der Waals surface area contributed by atoms with Gasteiger partial charge in [-0.1, -0.05) is 6.07 Å². The summed E-state index contributed by atoms with van der Waals surface area (Å²) in [5.41, 5.74) is 11.3. The number of primary amides is 1.